The van der Waals surface area contributed by atoms with Crippen LogP contribution in [0.5, 0.6) is 0 Å². The average molecular weight is 471 g/mol. The minimum absolute atomic E-state index is 0.181. The van der Waals surface area contributed by atoms with Gasteiger partial charge in [-0.2, -0.15) is 0 Å². The third kappa shape index (κ3) is 3.44. The van der Waals surface area contributed by atoms with Crippen molar-refractivity contribution < 1.29 is 18.8 Å². The van der Waals surface area contributed by atoms with Crippen molar-refractivity contribution in [1.82, 2.24) is 0 Å². The molecule has 0 atom stereocenters. The first-order valence-corrected chi connectivity index (χ1v) is 11.3. The zero-order valence-corrected chi connectivity index (χ0v) is 18.8. The van der Waals surface area contributed by atoms with Crippen molar-refractivity contribution in [2.45, 2.75) is 0 Å². The minimum atomic E-state index is -0.467. The van der Waals surface area contributed by atoms with Gasteiger partial charge >= 0.3 is 5.63 Å². The molecule has 0 fully saturated rings. The molecule has 1 heterocycles. The van der Waals surface area contributed by atoms with Gasteiger partial charge < -0.3 is 9.73 Å². The van der Waals surface area contributed by atoms with Gasteiger partial charge in [-0.3, -0.25) is 14.4 Å². The van der Waals surface area contributed by atoms with Gasteiger partial charge in [-0.15, -0.1) is 0 Å². The van der Waals surface area contributed by atoms with Crippen LogP contribution < -0.4 is 10.9 Å². The van der Waals surface area contributed by atoms with E-state index in [2.05, 4.69) is 5.32 Å². The van der Waals surface area contributed by atoms with Crippen molar-refractivity contribution in [1.29, 1.82) is 0 Å². The Balaban J connectivity index is 1.31. The van der Waals surface area contributed by atoms with Crippen molar-refractivity contribution >= 4 is 34.1 Å². The molecule has 4 aromatic carbocycles. The van der Waals surface area contributed by atoms with E-state index in [1.54, 1.807) is 84.9 Å². The molecule has 1 N–H and O–H groups in total. The smallest absolute Gasteiger partial charge is 0.344 e. The Hall–Kier alpha value is -5.10. The highest BCUT2D eigenvalue weighted by Gasteiger charge is 2.31. The lowest BCUT2D eigenvalue weighted by Crippen LogP contribution is -2.23. The molecule has 0 aliphatic heterocycles. The Morgan fingerprint density at radius 3 is 2.08 bits per heavy atom. The van der Waals surface area contributed by atoms with Crippen molar-refractivity contribution in [2.24, 2.45) is 0 Å². The fourth-order valence-corrected chi connectivity index (χ4v) is 4.51. The molecule has 0 radical (unpaired) electrons. The molecular formula is C30H17NO5. The summed E-state index contributed by atoms with van der Waals surface area (Å²) in [6.45, 7) is 0. The number of anilines is 1. The second kappa shape index (κ2) is 8.29. The largest absolute Gasteiger partial charge is 0.422 e. The lowest BCUT2D eigenvalue weighted by Gasteiger charge is -2.20. The van der Waals surface area contributed by atoms with Crippen LogP contribution in [0, 0.1) is 0 Å². The number of rotatable bonds is 3. The SMILES string of the molecule is O=C(Nc1cccc2c1C(=O)c1ccccc1C2=O)c1ccc(-c2cc3ccccc3oc2=O)cc1. The number of para-hydroxylation sites is 1. The predicted octanol–water partition coefficient (Wildman–Crippen LogP) is 5.49. The number of carbonyl (C=O) groups excluding carboxylic acids is 3. The maximum atomic E-state index is 13.2. The molecular weight excluding hydrogens is 454 g/mol. The summed E-state index contributed by atoms with van der Waals surface area (Å²) in [4.78, 5) is 51.6. The Bertz CT molecular complexity index is 1780. The van der Waals surface area contributed by atoms with Gasteiger partial charge in [-0.25, -0.2) is 4.79 Å². The van der Waals surface area contributed by atoms with Crippen LogP contribution in [-0.2, 0) is 0 Å². The molecule has 0 saturated heterocycles. The van der Waals surface area contributed by atoms with E-state index in [-0.39, 0.29) is 28.4 Å². The van der Waals surface area contributed by atoms with E-state index in [9.17, 15) is 19.2 Å². The van der Waals surface area contributed by atoms with E-state index in [1.165, 1.54) is 0 Å². The summed E-state index contributed by atoms with van der Waals surface area (Å²) in [6.07, 6.45) is 0. The number of carbonyl (C=O) groups is 3. The Morgan fingerprint density at radius 1 is 0.639 bits per heavy atom. The summed E-state index contributed by atoms with van der Waals surface area (Å²) in [7, 11) is 0. The van der Waals surface area contributed by atoms with Crippen LogP contribution in [0.2, 0.25) is 0 Å². The first-order chi connectivity index (χ1) is 17.5. The molecule has 0 spiro atoms. The lowest BCUT2D eigenvalue weighted by atomic mass is 9.83. The molecule has 172 valence electrons. The number of hydrogen-bond donors (Lipinski definition) is 1. The number of amides is 1. The van der Waals surface area contributed by atoms with Crippen molar-refractivity contribution in [3.05, 3.63) is 135 Å². The first kappa shape index (κ1) is 21.4. The summed E-state index contributed by atoms with van der Waals surface area (Å²) < 4.78 is 5.41. The molecule has 1 aliphatic carbocycles. The van der Waals surface area contributed by atoms with Crippen molar-refractivity contribution in [3.8, 4) is 11.1 Å². The molecule has 1 amide bonds. The van der Waals surface area contributed by atoms with Crippen LogP contribution in [0.4, 0.5) is 5.69 Å². The topological polar surface area (TPSA) is 93.4 Å². The summed E-state index contributed by atoms with van der Waals surface area (Å²) in [5.41, 5.74) is 2.74. The number of benzene rings is 4. The quantitative estimate of drug-likeness (QED) is 0.345. The zero-order chi connectivity index (χ0) is 24.8. The van der Waals surface area contributed by atoms with E-state index in [1.807, 2.05) is 12.1 Å². The predicted molar refractivity (Wildman–Crippen MR) is 136 cm³/mol. The summed E-state index contributed by atoms with van der Waals surface area (Å²) in [5.74, 6) is -1.01. The first-order valence-electron chi connectivity index (χ1n) is 11.3. The fraction of sp³-hybridized carbons (Fsp3) is 0. The second-order valence-electron chi connectivity index (χ2n) is 8.45. The third-order valence-corrected chi connectivity index (χ3v) is 6.30. The highest BCUT2D eigenvalue weighted by molar-refractivity contribution is 6.30. The lowest BCUT2D eigenvalue weighted by molar-refractivity contribution is 0.0978. The Kier molecular flexibility index (Phi) is 4.93. The van der Waals surface area contributed by atoms with E-state index < -0.39 is 11.5 Å². The minimum Gasteiger partial charge on any atom is -0.422 e. The number of fused-ring (bicyclic) bond motifs is 3. The van der Waals surface area contributed by atoms with E-state index in [0.29, 0.717) is 33.4 Å². The maximum absolute atomic E-state index is 13.2. The molecule has 6 heteroatoms. The van der Waals surface area contributed by atoms with E-state index in [4.69, 9.17) is 4.42 Å². The normalized spacial score (nSPS) is 12.2. The van der Waals surface area contributed by atoms with Crippen molar-refractivity contribution in [2.75, 3.05) is 5.32 Å². The van der Waals surface area contributed by atoms with Gasteiger partial charge in [-0.1, -0.05) is 66.7 Å². The second-order valence-corrected chi connectivity index (χ2v) is 8.45. The molecule has 1 aromatic heterocycles. The van der Waals surface area contributed by atoms with Gasteiger partial charge in [0, 0.05) is 27.6 Å². The Morgan fingerprint density at radius 2 is 1.31 bits per heavy atom. The summed E-state index contributed by atoms with van der Waals surface area (Å²) in [5, 5.41) is 3.57. The van der Waals surface area contributed by atoms with Gasteiger partial charge in [0.15, 0.2) is 11.6 Å². The van der Waals surface area contributed by atoms with Gasteiger partial charge in [0.1, 0.15) is 5.58 Å². The monoisotopic (exact) mass is 471 g/mol. The van der Waals surface area contributed by atoms with Gasteiger partial charge in [0.2, 0.25) is 0 Å². The standard InChI is InChI=1S/C30H17NO5/c32-27-20-7-2-3-8-21(20)28(33)26-22(27)9-5-10-24(26)31-29(34)18-14-12-17(13-15-18)23-16-19-6-1-4-11-25(19)36-30(23)35/h1-16H,(H,31,34). The van der Waals surface area contributed by atoms with Gasteiger partial charge in [0.05, 0.1) is 16.8 Å². The van der Waals surface area contributed by atoms with Crippen LogP contribution in [0.1, 0.15) is 42.2 Å². The van der Waals surface area contributed by atoms with Crippen molar-refractivity contribution in [3.63, 3.8) is 0 Å². The molecule has 5 aromatic rings. The van der Waals surface area contributed by atoms with E-state index >= 15 is 0 Å². The number of nitrogens with one attached hydrogen (secondary N) is 1. The van der Waals surface area contributed by atoms with Gasteiger partial charge in [0.25, 0.3) is 5.91 Å². The fourth-order valence-electron chi connectivity index (χ4n) is 4.51. The average Bonchev–Trinajstić information content (AvgIpc) is 2.91. The summed E-state index contributed by atoms with van der Waals surface area (Å²) in [6, 6.07) is 27.0. The Labute approximate surface area is 204 Å². The van der Waals surface area contributed by atoms with Crippen LogP contribution in [0.25, 0.3) is 22.1 Å². The zero-order valence-electron chi connectivity index (χ0n) is 18.8. The highest BCUT2D eigenvalue weighted by atomic mass is 16.4. The molecule has 0 bridgehead atoms. The third-order valence-electron chi connectivity index (χ3n) is 6.30. The molecule has 0 unspecified atom stereocenters. The van der Waals surface area contributed by atoms with Crippen LogP contribution in [0.15, 0.2) is 106 Å². The molecule has 0 saturated carbocycles. The summed E-state index contributed by atoms with van der Waals surface area (Å²) >= 11 is 0. The van der Waals surface area contributed by atoms with E-state index in [0.717, 1.165) is 5.39 Å². The molecule has 6 nitrogen and oxygen atoms in total. The molecule has 6 rings (SSSR count). The number of hydrogen-bond acceptors (Lipinski definition) is 5. The molecule has 1 aliphatic rings. The van der Waals surface area contributed by atoms with Gasteiger partial charge in [-0.05, 0) is 35.9 Å². The highest BCUT2D eigenvalue weighted by Crippen LogP contribution is 2.32. The number of ketones is 2. The maximum Gasteiger partial charge on any atom is 0.344 e. The van der Waals surface area contributed by atoms with Crippen LogP contribution in [0.3, 0.4) is 0 Å². The molecule has 36 heavy (non-hydrogen) atoms. The van der Waals surface area contributed by atoms with Crippen LogP contribution >= 0.6 is 0 Å². The van der Waals surface area contributed by atoms with Crippen LogP contribution in [-0.4, -0.2) is 17.5 Å².